The Morgan fingerprint density at radius 2 is 1.71 bits per heavy atom. The first-order valence-corrected chi connectivity index (χ1v) is 9.99. The van der Waals surface area contributed by atoms with Gasteiger partial charge in [-0.3, -0.25) is 4.79 Å². The highest BCUT2D eigenvalue weighted by molar-refractivity contribution is 5.79. The van der Waals surface area contributed by atoms with Crippen LogP contribution in [0.2, 0.25) is 0 Å². The summed E-state index contributed by atoms with van der Waals surface area (Å²) < 4.78 is 5.53. The van der Waals surface area contributed by atoms with Gasteiger partial charge in [-0.15, -0.1) is 0 Å². The molecule has 0 bridgehead atoms. The second-order valence-electron chi connectivity index (χ2n) is 7.30. The molecule has 1 unspecified atom stereocenters. The first kappa shape index (κ1) is 18.4. The van der Waals surface area contributed by atoms with E-state index in [1.165, 1.54) is 5.56 Å². The number of rotatable bonds is 7. The number of likely N-dealkylation sites (tertiary alicyclic amines) is 1. The molecular weight excluding hydrogens is 350 g/mol. The number of aryl methyl sites for hydroxylation is 2. The van der Waals surface area contributed by atoms with Crippen LogP contribution in [0.15, 0.2) is 65.2 Å². The Morgan fingerprint density at radius 3 is 2.46 bits per heavy atom. The van der Waals surface area contributed by atoms with Gasteiger partial charge >= 0.3 is 0 Å². The van der Waals surface area contributed by atoms with Crippen molar-refractivity contribution in [3.63, 3.8) is 0 Å². The Balaban J connectivity index is 1.35. The summed E-state index contributed by atoms with van der Waals surface area (Å²) in [6.45, 7) is 0.752. The highest BCUT2D eigenvalue weighted by Crippen LogP contribution is 2.31. The zero-order chi connectivity index (χ0) is 19.2. The van der Waals surface area contributed by atoms with Gasteiger partial charge in [0.25, 0.3) is 0 Å². The third-order valence-corrected chi connectivity index (χ3v) is 5.25. The highest BCUT2D eigenvalue weighted by atomic mass is 16.5. The van der Waals surface area contributed by atoms with Crippen molar-refractivity contribution in [1.29, 1.82) is 0 Å². The Morgan fingerprint density at radius 1 is 1.00 bits per heavy atom. The van der Waals surface area contributed by atoms with Gasteiger partial charge in [0.05, 0.1) is 6.42 Å². The van der Waals surface area contributed by atoms with Crippen LogP contribution in [0.1, 0.15) is 48.1 Å². The quantitative estimate of drug-likeness (QED) is 0.622. The SMILES string of the molecule is O=C(Cc1ccccc1)N1CCCC1c1nc(CCCc2ccccc2)no1. The summed E-state index contributed by atoms with van der Waals surface area (Å²) >= 11 is 0. The van der Waals surface area contributed by atoms with Crippen molar-refractivity contribution >= 4 is 5.91 Å². The summed E-state index contributed by atoms with van der Waals surface area (Å²) in [5.74, 6) is 1.43. The third-order valence-electron chi connectivity index (χ3n) is 5.25. The molecule has 1 saturated heterocycles. The van der Waals surface area contributed by atoms with E-state index in [0.29, 0.717) is 12.3 Å². The predicted molar refractivity (Wildman–Crippen MR) is 107 cm³/mol. The van der Waals surface area contributed by atoms with Crippen LogP contribution in [0.5, 0.6) is 0 Å². The maximum Gasteiger partial charge on any atom is 0.249 e. The molecular formula is C23H25N3O2. The van der Waals surface area contributed by atoms with E-state index in [2.05, 4.69) is 34.4 Å². The van der Waals surface area contributed by atoms with E-state index in [-0.39, 0.29) is 11.9 Å². The molecule has 3 aromatic rings. The molecule has 0 N–H and O–H groups in total. The average Bonchev–Trinajstić information content (AvgIpc) is 3.39. The summed E-state index contributed by atoms with van der Waals surface area (Å²) in [6, 6.07) is 20.2. The highest BCUT2D eigenvalue weighted by Gasteiger charge is 2.33. The van der Waals surface area contributed by atoms with E-state index >= 15 is 0 Å². The van der Waals surface area contributed by atoms with Crippen LogP contribution in [0.25, 0.3) is 0 Å². The summed E-state index contributed by atoms with van der Waals surface area (Å²) in [6.07, 6.45) is 5.02. The van der Waals surface area contributed by atoms with Crippen molar-refractivity contribution in [3.8, 4) is 0 Å². The molecule has 5 nitrogen and oxygen atoms in total. The fourth-order valence-electron chi connectivity index (χ4n) is 3.79. The summed E-state index contributed by atoms with van der Waals surface area (Å²) in [7, 11) is 0. The molecule has 28 heavy (non-hydrogen) atoms. The molecule has 1 aliphatic rings. The van der Waals surface area contributed by atoms with Crippen LogP contribution < -0.4 is 0 Å². The van der Waals surface area contributed by atoms with Crippen molar-refractivity contribution in [1.82, 2.24) is 15.0 Å². The van der Waals surface area contributed by atoms with E-state index in [4.69, 9.17) is 4.52 Å². The number of carbonyl (C=O) groups is 1. The van der Waals surface area contributed by atoms with Gasteiger partial charge in [-0.25, -0.2) is 0 Å². The summed E-state index contributed by atoms with van der Waals surface area (Å²) in [5, 5.41) is 4.15. The van der Waals surface area contributed by atoms with Crippen LogP contribution in [0.3, 0.4) is 0 Å². The van der Waals surface area contributed by atoms with Crippen molar-refractivity contribution < 1.29 is 9.32 Å². The van der Waals surface area contributed by atoms with E-state index in [0.717, 1.165) is 50.0 Å². The Labute approximate surface area is 165 Å². The molecule has 1 amide bonds. The first-order valence-electron chi connectivity index (χ1n) is 9.99. The van der Waals surface area contributed by atoms with Gasteiger partial charge in [0, 0.05) is 13.0 Å². The minimum absolute atomic E-state index is 0.0911. The number of benzene rings is 2. The van der Waals surface area contributed by atoms with Gasteiger partial charge in [-0.1, -0.05) is 65.8 Å². The van der Waals surface area contributed by atoms with Crippen LogP contribution in [-0.4, -0.2) is 27.5 Å². The van der Waals surface area contributed by atoms with E-state index in [9.17, 15) is 4.79 Å². The third kappa shape index (κ3) is 4.47. The molecule has 4 rings (SSSR count). The summed E-state index contributed by atoms with van der Waals surface area (Å²) in [4.78, 5) is 19.3. The molecule has 0 radical (unpaired) electrons. The maximum absolute atomic E-state index is 12.8. The zero-order valence-corrected chi connectivity index (χ0v) is 16.0. The molecule has 1 atom stereocenters. The molecule has 1 aliphatic heterocycles. The molecule has 0 spiro atoms. The lowest BCUT2D eigenvalue weighted by atomic mass is 10.1. The molecule has 0 saturated carbocycles. The number of hydrogen-bond donors (Lipinski definition) is 0. The maximum atomic E-state index is 12.8. The van der Waals surface area contributed by atoms with E-state index in [1.807, 2.05) is 41.3 Å². The molecule has 0 aliphatic carbocycles. The number of carbonyl (C=O) groups excluding carboxylic acids is 1. The van der Waals surface area contributed by atoms with Crippen molar-refractivity contribution in [2.75, 3.05) is 6.54 Å². The fourth-order valence-corrected chi connectivity index (χ4v) is 3.79. The van der Waals surface area contributed by atoms with Crippen LogP contribution in [0, 0.1) is 0 Å². The van der Waals surface area contributed by atoms with E-state index in [1.54, 1.807) is 0 Å². The monoisotopic (exact) mass is 375 g/mol. The molecule has 2 heterocycles. The largest absolute Gasteiger partial charge is 0.337 e. The van der Waals surface area contributed by atoms with Crippen LogP contribution in [0.4, 0.5) is 0 Å². The van der Waals surface area contributed by atoms with Gasteiger partial charge in [0.1, 0.15) is 6.04 Å². The second-order valence-corrected chi connectivity index (χ2v) is 7.30. The Kier molecular flexibility index (Phi) is 5.80. The molecule has 1 fully saturated rings. The Bertz CT molecular complexity index is 892. The van der Waals surface area contributed by atoms with Crippen molar-refractivity contribution in [2.45, 2.75) is 44.6 Å². The predicted octanol–water partition coefficient (Wildman–Crippen LogP) is 4.15. The van der Waals surface area contributed by atoms with Gasteiger partial charge < -0.3 is 9.42 Å². The summed E-state index contributed by atoms with van der Waals surface area (Å²) in [5.41, 5.74) is 2.35. The molecule has 5 heteroatoms. The zero-order valence-electron chi connectivity index (χ0n) is 16.0. The van der Waals surface area contributed by atoms with Crippen LogP contribution in [-0.2, 0) is 24.1 Å². The minimum Gasteiger partial charge on any atom is -0.337 e. The minimum atomic E-state index is -0.0911. The standard InChI is InChI=1S/C23H25N3O2/c27-22(17-19-11-5-2-6-12-19)26-16-8-14-20(26)23-24-21(25-28-23)15-7-13-18-9-3-1-4-10-18/h1-6,9-12,20H,7-8,13-17H2. The average molecular weight is 375 g/mol. The lowest BCUT2D eigenvalue weighted by molar-refractivity contribution is -0.131. The van der Waals surface area contributed by atoms with Crippen molar-refractivity contribution in [2.24, 2.45) is 0 Å². The number of amides is 1. The number of aromatic nitrogens is 2. The van der Waals surface area contributed by atoms with Crippen LogP contribution >= 0.6 is 0 Å². The molecule has 144 valence electrons. The van der Waals surface area contributed by atoms with Gasteiger partial charge in [-0.2, -0.15) is 4.98 Å². The Hall–Kier alpha value is -2.95. The van der Waals surface area contributed by atoms with Crippen molar-refractivity contribution in [3.05, 3.63) is 83.5 Å². The van der Waals surface area contributed by atoms with E-state index < -0.39 is 0 Å². The lowest BCUT2D eigenvalue weighted by Crippen LogP contribution is -2.32. The fraction of sp³-hybridized carbons (Fsp3) is 0.348. The number of hydrogen-bond acceptors (Lipinski definition) is 4. The molecule has 1 aromatic heterocycles. The topological polar surface area (TPSA) is 59.2 Å². The lowest BCUT2D eigenvalue weighted by Gasteiger charge is -2.21. The molecule has 2 aromatic carbocycles. The number of nitrogens with zero attached hydrogens (tertiary/aromatic N) is 3. The smallest absolute Gasteiger partial charge is 0.249 e. The van der Waals surface area contributed by atoms with Gasteiger partial charge in [0.15, 0.2) is 5.82 Å². The normalized spacial score (nSPS) is 16.4. The second kappa shape index (κ2) is 8.83. The first-order chi connectivity index (χ1) is 13.8. The van der Waals surface area contributed by atoms with Gasteiger partial charge in [0.2, 0.25) is 11.8 Å². The van der Waals surface area contributed by atoms with Gasteiger partial charge in [-0.05, 0) is 36.8 Å².